The largest absolute Gasteiger partial charge is 0.494 e. The Morgan fingerprint density at radius 3 is 2.94 bits per heavy atom. The smallest absolute Gasteiger partial charge is 0.119 e. The molecule has 1 rings (SSSR count). The van der Waals surface area contributed by atoms with E-state index in [4.69, 9.17) is 4.74 Å². The van der Waals surface area contributed by atoms with Crippen molar-refractivity contribution in [3.05, 3.63) is 36.2 Å². The lowest BCUT2D eigenvalue weighted by atomic mass is 10.1. The summed E-state index contributed by atoms with van der Waals surface area (Å²) in [6.07, 6.45) is 5.77. The van der Waals surface area contributed by atoms with Gasteiger partial charge >= 0.3 is 0 Å². The van der Waals surface area contributed by atoms with Gasteiger partial charge in [0, 0.05) is 13.0 Å². The van der Waals surface area contributed by atoms with Crippen LogP contribution < -0.4 is 10.1 Å². The van der Waals surface area contributed by atoms with Crippen LogP contribution in [0.15, 0.2) is 24.3 Å². The van der Waals surface area contributed by atoms with Gasteiger partial charge in [-0.1, -0.05) is 31.9 Å². The Labute approximate surface area is 99.0 Å². The van der Waals surface area contributed by atoms with Crippen molar-refractivity contribution in [1.82, 2.24) is 5.32 Å². The molecule has 1 N–H and O–H groups in total. The first-order valence-corrected chi connectivity index (χ1v) is 6.07. The normalized spacial score (nSPS) is 10.4. The molecule has 2 nitrogen and oxygen atoms in total. The van der Waals surface area contributed by atoms with E-state index in [1.54, 1.807) is 0 Å². The van der Waals surface area contributed by atoms with Gasteiger partial charge in [-0.25, -0.2) is 0 Å². The van der Waals surface area contributed by atoms with Gasteiger partial charge in [0.1, 0.15) is 5.75 Å². The molecule has 0 bridgehead atoms. The summed E-state index contributed by atoms with van der Waals surface area (Å²) in [5.74, 6) is 0.973. The third-order valence-corrected chi connectivity index (χ3v) is 2.42. The minimum absolute atomic E-state index is 0.823. The second kappa shape index (κ2) is 8.17. The van der Waals surface area contributed by atoms with Crippen molar-refractivity contribution in [2.45, 2.75) is 26.2 Å². The van der Waals surface area contributed by atoms with Crippen LogP contribution in [0.3, 0.4) is 0 Å². The third kappa shape index (κ3) is 5.17. The molecule has 0 aromatic heterocycles. The molecule has 0 aliphatic heterocycles. The van der Waals surface area contributed by atoms with Gasteiger partial charge in [0.25, 0.3) is 0 Å². The van der Waals surface area contributed by atoms with Crippen molar-refractivity contribution in [1.29, 1.82) is 0 Å². The van der Waals surface area contributed by atoms with Crippen LogP contribution in [0.1, 0.15) is 31.7 Å². The van der Waals surface area contributed by atoms with Crippen LogP contribution in [0, 0.1) is 6.42 Å². The fraction of sp³-hybridized carbons (Fsp3) is 0.500. The standard InChI is InChI=1S/C14H22NO/c1-3-4-5-11-16-14-8-6-7-13(12-14)9-10-15-2/h6-9,12,15H,3-5,10-11H2,1-2H3. The van der Waals surface area contributed by atoms with Crippen LogP contribution in [0.25, 0.3) is 0 Å². The molecule has 1 radical (unpaired) electrons. The zero-order chi connectivity index (χ0) is 11.6. The highest BCUT2D eigenvalue weighted by Crippen LogP contribution is 2.14. The fourth-order valence-electron chi connectivity index (χ4n) is 1.49. The number of hydrogen-bond donors (Lipinski definition) is 1. The minimum Gasteiger partial charge on any atom is -0.494 e. The van der Waals surface area contributed by atoms with Gasteiger partial charge in [-0.05, 0) is 31.2 Å². The zero-order valence-electron chi connectivity index (χ0n) is 10.3. The average Bonchev–Trinajstić information content (AvgIpc) is 2.33. The maximum absolute atomic E-state index is 5.69. The number of hydrogen-bond acceptors (Lipinski definition) is 2. The summed E-state index contributed by atoms with van der Waals surface area (Å²) < 4.78 is 5.69. The Kier molecular flexibility index (Phi) is 6.66. The molecule has 2 heteroatoms. The van der Waals surface area contributed by atoms with Crippen molar-refractivity contribution in [3.63, 3.8) is 0 Å². The topological polar surface area (TPSA) is 21.3 Å². The highest BCUT2D eigenvalue weighted by molar-refractivity contribution is 5.32. The van der Waals surface area contributed by atoms with Gasteiger partial charge in [-0.15, -0.1) is 0 Å². The quantitative estimate of drug-likeness (QED) is 0.680. The van der Waals surface area contributed by atoms with Crippen LogP contribution in [-0.4, -0.2) is 20.2 Å². The van der Waals surface area contributed by atoms with Gasteiger partial charge in [0.15, 0.2) is 0 Å². The summed E-state index contributed by atoms with van der Waals surface area (Å²) >= 11 is 0. The lowest BCUT2D eigenvalue weighted by molar-refractivity contribution is 0.306. The van der Waals surface area contributed by atoms with E-state index < -0.39 is 0 Å². The van der Waals surface area contributed by atoms with Crippen molar-refractivity contribution >= 4 is 0 Å². The molecular formula is C14H22NO. The molecule has 0 saturated carbocycles. The van der Waals surface area contributed by atoms with Crippen LogP contribution >= 0.6 is 0 Å². The minimum atomic E-state index is 0.823. The van der Waals surface area contributed by atoms with Crippen LogP contribution in [-0.2, 0) is 0 Å². The summed E-state index contributed by atoms with van der Waals surface area (Å²) in [6, 6.07) is 8.23. The molecule has 16 heavy (non-hydrogen) atoms. The van der Waals surface area contributed by atoms with E-state index in [1.807, 2.05) is 19.2 Å². The lowest BCUT2D eigenvalue weighted by Crippen LogP contribution is -2.08. The summed E-state index contributed by atoms with van der Waals surface area (Å²) in [5.41, 5.74) is 1.21. The highest BCUT2D eigenvalue weighted by atomic mass is 16.5. The van der Waals surface area contributed by atoms with E-state index in [1.165, 1.54) is 18.4 Å². The first kappa shape index (κ1) is 13.0. The second-order valence-corrected chi connectivity index (χ2v) is 3.89. The highest BCUT2D eigenvalue weighted by Gasteiger charge is 1.97. The van der Waals surface area contributed by atoms with E-state index in [-0.39, 0.29) is 0 Å². The van der Waals surface area contributed by atoms with E-state index in [0.717, 1.165) is 25.3 Å². The molecule has 0 amide bonds. The monoisotopic (exact) mass is 220 g/mol. The molecule has 0 heterocycles. The van der Waals surface area contributed by atoms with E-state index in [0.29, 0.717) is 0 Å². The molecule has 0 spiro atoms. The maximum Gasteiger partial charge on any atom is 0.119 e. The maximum atomic E-state index is 5.69. The molecule has 1 aromatic carbocycles. The number of ether oxygens (including phenoxy) is 1. The SMILES string of the molecule is CCCCCOc1cccc([CH]CNC)c1. The molecule has 0 unspecified atom stereocenters. The third-order valence-electron chi connectivity index (χ3n) is 2.42. The van der Waals surface area contributed by atoms with Crippen LogP contribution in [0.4, 0.5) is 0 Å². The summed E-state index contributed by atoms with van der Waals surface area (Å²) in [5, 5.41) is 3.10. The number of nitrogens with one attached hydrogen (secondary N) is 1. The van der Waals surface area contributed by atoms with Crippen molar-refractivity contribution in [2.75, 3.05) is 20.2 Å². The van der Waals surface area contributed by atoms with E-state index >= 15 is 0 Å². The van der Waals surface area contributed by atoms with Crippen molar-refractivity contribution in [3.8, 4) is 5.75 Å². The first-order valence-electron chi connectivity index (χ1n) is 6.07. The Bertz CT molecular complexity index is 286. The Morgan fingerprint density at radius 2 is 2.19 bits per heavy atom. The van der Waals surface area contributed by atoms with Gasteiger partial charge in [0.2, 0.25) is 0 Å². The molecule has 1 aromatic rings. The van der Waals surface area contributed by atoms with Gasteiger partial charge in [0.05, 0.1) is 6.61 Å². The Morgan fingerprint density at radius 1 is 1.31 bits per heavy atom. The molecule has 0 aliphatic rings. The average molecular weight is 220 g/mol. The molecule has 89 valence electrons. The number of unbranched alkanes of at least 4 members (excludes halogenated alkanes) is 2. The summed E-state index contributed by atoms with van der Waals surface area (Å²) in [7, 11) is 1.95. The second-order valence-electron chi connectivity index (χ2n) is 3.89. The first-order chi connectivity index (χ1) is 7.86. The van der Waals surface area contributed by atoms with Crippen molar-refractivity contribution < 1.29 is 4.74 Å². The molecule has 0 saturated heterocycles. The molecule has 0 fully saturated rings. The number of rotatable bonds is 8. The summed E-state index contributed by atoms with van der Waals surface area (Å²) in [4.78, 5) is 0. The Hall–Kier alpha value is -1.02. The Balaban J connectivity index is 2.35. The summed E-state index contributed by atoms with van der Waals surface area (Å²) in [6.45, 7) is 3.91. The predicted molar refractivity (Wildman–Crippen MR) is 68.8 cm³/mol. The number of likely N-dealkylation sites (N-methyl/N-ethyl adjacent to an activating group) is 1. The van der Waals surface area contributed by atoms with Crippen LogP contribution in [0.5, 0.6) is 5.75 Å². The molecular weight excluding hydrogens is 198 g/mol. The van der Waals surface area contributed by atoms with Gasteiger partial charge in [-0.3, -0.25) is 0 Å². The zero-order valence-corrected chi connectivity index (χ0v) is 10.3. The van der Waals surface area contributed by atoms with Gasteiger partial charge in [-0.2, -0.15) is 0 Å². The van der Waals surface area contributed by atoms with Gasteiger partial charge < -0.3 is 10.1 Å². The lowest BCUT2D eigenvalue weighted by Gasteiger charge is -2.07. The predicted octanol–water partition coefficient (Wildman–Crippen LogP) is 3.03. The number of benzene rings is 1. The molecule has 0 atom stereocenters. The van der Waals surface area contributed by atoms with Crippen LogP contribution in [0.2, 0.25) is 0 Å². The van der Waals surface area contributed by atoms with Crippen molar-refractivity contribution in [2.24, 2.45) is 0 Å². The molecule has 0 aliphatic carbocycles. The van der Waals surface area contributed by atoms with E-state index in [2.05, 4.69) is 30.8 Å². The fourth-order valence-corrected chi connectivity index (χ4v) is 1.49. The van der Waals surface area contributed by atoms with E-state index in [9.17, 15) is 0 Å².